The molecule has 0 aromatic heterocycles. The molecule has 116 valence electrons. The topological polar surface area (TPSA) is 95.1 Å². The number of benzene rings is 2. The Kier molecular flexibility index (Phi) is 4.59. The maximum absolute atomic E-state index is 13.2. The lowest BCUT2D eigenvalue weighted by Crippen LogP contribution is -2.56. The summed E-state index contributed by atoms with van der Waals surface area (Å²) in [5.41, 5.74) is 18.5. The van der Waals surface area contributed by atoms with Crippen LogP contribution in [0.1, 0.15) is 29.7 Å². The van der Waals surface area contributed by atoms with Crippen molar-refractivity contribution in [3.05, 3.63) is 71.0 Å². The van der Waals surface area contributed by atoms with Crippen molar-refractivity contribution >= 4 is 5.91 Å². The van der Waals surface area contributed by atoms with E-state index in [1.54, 1.807) is 6.07 Å². The number of nitrogens with two attached hydrogens (primary N) is 3. The summed E-state index contributed by atoms with van der Waals surface area (Å²) in [7, 11) is 0. The maximum atomic E-state index is 13.2. The smallest absolute Gasteiger partial charge is 0.239 e. The third-order valence-corrected chi connectivity index (χ3v) is 3.81. The number of rotatable bonds is 5. The molecular weight excluding hydrogens is 281 g/mol. The number of halogens is 1. The highest BCUT2D eigenvalue weighted by atomic mass is 19.1. The minimum atomic E-state index is -1.32. The Hall–Kier alpha value is -2.24. The fraction of sp³-hybridized carbons (Fsp3) is 0.235. The Morgan fingerprint density at radius 1 is 1.18 bits per heavy atom. The fourth-order valence-corrected chi connectivity index (χ4v) is 2.22. The maximum Gasteiger partial charge on any atom is 0.239 e. The summed E-state index contributed by atoms with van der Waals surface area (Å²) in [6.45, 7) is 1.51. The molecule has 22 heavy (non-hydrogen) atoms. The van der Waals surface area contributed by atoms with Crippen LogP contribution < -0.4 is 17.2 Å². The van der Waals surface area contributed by atoms with Gasteiger partial charge in [-0.1, -0.05) is 36.4 Å². The van der Waals surface area contributed by atoms with Gasteiger partial charge in [-0.3, -0.25) is 4.79 Å². The highest BCUT2D eigenvalue weighted by molar-refractivity contribution is 5.85. The van der Waals surface area contributed by atoms with Crippen molar-refractivity contribution in [2.45, 2.75) is 24.9 Å². The monoisotopic (exact) mass is 301 g/mol. The molecular formula is C17H20FN3O. The zero-order valence-corrected chi connectivity index (χ0v) is 12.4. The Morgan fingerprint density at radius 3 is 2.36 bits per heavy atom. The Morgan fingerprint density at radius 2 is 1.82 bits per heavy atom. The lowest BCUT2D eigenvalue weighted by molar-refractivity contribution is -0.123. The molecule has 0 saturated carbocycles. The molecule has 0 fully saturated rings. The first-order chi connectivity index (χ1) is 10.3. The van der Waals surface area contributed by atoms with Crippen LogP contribution in [0, 0.1) is 5.82 Å². The second kappa shape index (κ2) is 6.25. The minimum Gasteiger partial charge on any atom is -0.368 e. The molecule has 0 radical (unpaired) electrons. The molecule has 0 aliphatic heterocycles. The van der Waals surface area contributed by atoms with Gasteiger partial charge < -0.3 is 17.2 Å². The van der Waals surface area contributed by atoms with Gasteiger partial charge in [-0.05, 0) is 42.2 Å². The predicted molar refractivity (Wildman–Crippen MR) is 84.4 cm³/mol. The highest BCUT2D eigenvalue weighted by Gasteiger charge is 2.34. The molecule has 2 unspecified atom stereocenters. The van der Waals surface area contributed by atoms with Gasteiger partial charge in [0.2, 0.25) is 5.91 Å². The van der Waals surface area contributed by atoms with Crippen molar-refractivity contribution in [1.82, 2.24) is 0 Å². The van der Waals surface area contributed by atoms with Crippen LogP contribution >= 0.6 is 0 Å². The molecule has 0 aliphatic carbocycles. The van der Waals surface area contributed by atoms with Gasteiger partial charge in [0.1, 0.15) is 11.4 Å². The first-order valence-electron chi connectivity index (χ1n) is 6.98. The van der Waals surface area contributed by atoms with E-state index in [2.05, 4.69) is 0 Å². The molecule has 2 rings (SSSR count). The van der Waals surface area contributed by atoms with Crippen molar-refractivity contribution in [2.24, 2.45) is 17.2 Å². The van der Waals surface area contributed by atoms with Crippen LogP contribution in [-0.2, 0) is 11.2 Å². The van der Waals surface area contributed by atoms with Crippen molar-refractivity contribution in [2.75, 3.05) is 0 Å². The van der Waals surface area contributed by atoms with Crippen molar-refractivity contribution in [3.8, 4) is 0 Å². The summed E-state index contributed by atoms with van der Waals surface area (Å²) in [6.07, 6.45) is 0.614. The summed E-state index contributed by atoms with van der Waals surface area (Å²) in [5, 5.41) is 0. The quantitative estimate of drug-likeness (QED) is 0.783. The Labute approximate surface area is 129 Å². The van der Waals surface area contributed by atoms with Crippen molar-refractivity contribution in [1.29, 1.82) is 0 Å². The van der Waals surface area contributed by atoms with E-state index in [0.717, 1.165) is 16.7 Å². The van der Waals surface area contributed by atoms with E-state index < -0.39 is 17.5 Å². The van der Waals surface area contributed by atoms with E-state index in [9.17, 15) is 9.18 Å². The molecule has 6 N–H and O–H groups in total. The summed E-state index contributed by atoms with van der Waals surface area (Å²) in [6, 6.07) is 13.2. The zero-order chi connectivity index (χ0) is 16.3. The second-order valence-corrected chi connectivity index (χ2v) is 5.67. The normalized spacial score (nSPS) is 15.1. The van der Waals surface area contributed by atoms with E-state index in [1.165, 1.54) is 19.1 Å². The molecule has 2 atom stereocenters. The number of hydrogen-bond donors (Lipinski definition) is 3. The summed E-state index contributed by atoms with van der Waals surface area (Å²) in [5.74, 6) is -0.902. The first-order valence-corrected chi connectivity index (χ1v) is 6.98. The summed E-state index contributed by atoms with van der Waals surface area (Å²) >= 11 is 0. The minimum absolute atomic E-state index is 0.253. The molecule has 1 amide bonds. The number of primary amides is 1. The molecule has 5 heteroatoms. The molecule has 2 aromatic carbocycles. The van der Waals surface area contributed by atoms with Crippen molar-refractivity contribution < 1.29 is 9.18 Å². The van der Waals surface area contributed by atoms with Gasteiger partial charge >= 0.3 is 0 Å². The molecule has 0 aliphatic rings. The molecule has 4 nitrogen and oxygen atoms in total. The van der Waals surface area contributed by atoms with E-state index in [0.29, 0.717) is 6.42 Å². The summed E-state index contributed by atoms with van der Waals surface area (Å²) < 4.78 is 13.2. The molecule has 0 saturated heterocycles. The largest absolute Gasteiger partial charge is 0.368 e. The van der Waals surface area contributed by atoms with Crippen LogP contribution in [-0.4, -0.2) is 11.4 Å². The van der Waals surface area contributed by atoms with Gasteiger partial charge in [0.05, 0.1) is 6.04 Å². The van der Waals surface area contributed by atoms with E-state index in [4.69, 9.17) is 17.2 Å². The van der Waals surface area contributed by atoms with Gasteiger partial charge in [-0.25, -0.2) is 4.39 Å². The van der Waals surface area contributed by atoms with E-state index in [1.807, 2.05) is 30.3 Å². The average Bonchev–Trinajstić information content (AvgIpc) is 2.47. The van der Waals surface area contributed by atoms with E-state index >= 15 is 0 Å². The van der Waals surface area contributed by atoms with Crippen molar-refractivity contribution in [3.63, 3.8) is 0 Å². The summed E-state index contributed by atoms with van der Waals surface area (Å²) in [4.78, 5) is 11.4. The number of carbonyl (C=O) groups excluding carboxylic acids is 1. The lowest BCUT2D eigenvalue weighted by Gasteiger charge is -2.28. The zero-order valence-electron chi connectivity index (χ0n) is 12.4. The number of amides is 1. The lowest BCUT2D eigenvalue weighted by atomic mass is 9.87. The standard InChI is InChI=1S/C17H20FN3O/c1-17(21,16(20)22)15(19)13-7-5-11(6-8-13)9-12-3-2-4-14(18)10-12/h2-8,10,15H,9,19,21H2,1H3,(H2,20,22). The highest BCUT2D eigenvalue weighted by Crippen LogP contribution is 2.22. The van der Waals surface area contributed by atoms with Crippen LogP contribution in [0.4, 0.5) is 4.39 Å². The van der Waals surface area contributed by atoms with Gasteiger partial charge in [0, 0.05) is 0 Å². The number of carbonyl (C=O) groups is 1. The Balaban J connectivity index is 2.15. The number of hydrogen-bond acceptors (Lipinski definition) is 3. The molecule has 2 aromatic rings. The fourth-order valence-electron chi connectivity index (χ4n) is 2.22. The Bertz CT molecular complexity index is 668. The third-order valence-electron chi connectivity index (χ3n) is 3.81. The third kappa shape index (κ3) is 3.50. The SMILES string of the molecule is CC(N)(C(N)=O)C(N)c1ccc(Cc2cccc(F)c2)cc1. The van der Waals surface area contributed by atoms with Crippen LogP contribution in [0.25, 0.3) is 0 Å². The first kappa shape index (κ1) is 16.1. The predicted octanol–water partition coefficient (Wildman–Crippen LogP) is 1.62. The van der Waals surface area contributed by atoms with Crippen LogP contribution in [0.3, 0.4) is 0 Å². The van der Waals surface area contributed by atoms with E-state index in [-0.39, 0.29) is 5.82 Å². The second-order valence-electron chi connectivity index (χ2n) is 5.67. The van der Waals surface area contributed by atoms with Gasteiger partial charge in [-0.15, -0.1) is 0 Å². The van der Waals surface area contributed by atoms with Crippen LogP contribution in [0.15, 0.2) is 48.5 Å². The van der Waals surface area contributed by atoms with Gasteiger partial charge in [-0.2, -0.15) is 0 Å². The van der Waals surface area contributed by atoms with Crippen LogP contribution in [0.5, 0.6) is 0 Å². The molecule has 0 bridgehead atoms. The molecule has 0 heterocycles. The van der Waals surface area contributed by atoms with Gasteiger partial charge in [0.25, 0.3) is 0 Å². The van der Waals surface area contributed by atoms with Crippen LogP contribution in [0.2, 0.25) is 0 Å². The molecule has 0 spiro atoms. The average molecular weight is 301 g/mol. The van der Waals surface area contributed by atoms with Gasteiger partial charge in [0.15, 0.2) is 0 Å².